The van der Waals surface area contributed by atoms with Crippen LogP contribution in [0.25, 0.3) is 11.0 Å². The summed E-state index contributed by atoms with van der Waals surface area (Å²) in [5.74, 6) is 2.61. The van der Waals surface area contributed by atoms with E-state index in [2.05, 4.69) is 20.0 Å². The van der Waals surface area contributed by atoms with Gasteiger partial charge in [-0.15, -0.1) is 0 Å². The minimum atomic E-state index is 0.232. The highest BCUT2D eigenvalue weighted by molar-refractivity contribution is 5.95. The molecule has 2 aromatic heterocycles. The molecule has 0 aliphatic carbocycles. The van der Waals surface area contributed by atoms with Gasteiger partial charge in [0.25, 0.3) is 0 Å². The zero-order chi connectivity index (χ0) is 30.9. The molecule has 0 bridgehead atoms. The summed E-state index contributed by atoms with van der Waals surface area (Å²) in [7, 11) is 8.55. The van der Waals surface area contributed by atoms with E-state index in [9.17, 15) is 0 Å². The molecular weight excluding hydrogens is 556 g/mol. The number of fused-ring (bicyclic) bond motifs is 1. The predicted molar refractivity (Wildman–Crippen MR) is 169 cm³/mol. The van der Waals surface area contributed by atoms with E-state index in [1.54, 1.807) is 35.5 Å². The zero-order valence-corrected chi connectivity index (χ0v) is 27.0. The fourth-order valence-electron chi connectivity index (χ4n) is 4.86. The molecule has 0 spiro atoms. The summed E-state index contributed by atoms with van der Waals surface area (Å²) in [6.45, 7) is 10.2. The summed E-state index contributed by atoms with van der Waals surface area (Å²) in [6, 6.07) is 0. The second kappa shape index (κ2) is 19.6. The lowest BCUT2D eigenvalue weighted by atomic mass is 10.1. The largest absolute Gasteiger partial charge is 0.383 e. The van der Waals surface area contributed by atoms with Crippen LogP contribution >= 0.6 is 0 Å². The van der Waals surface area contributed by atoms with Crippen LogP contribution in [-0.4, -0.2) is 147 Å². The Bertz CT molecular complexity index is 1040. The number of ether oxygens (including phenoxy) is 6. The Kier molecular flexibility index (Phi) is 15.9. The summed E-state index contributed by atoms with van der Waals surface area (Å²) in [4.78, 5) is 26.8. The van der Waals surface area contributed by atoms with Crippen molar-refractivity contribution >= 4 is 34.6 Å². The number of hydrogen-bond donors (Lipinski definition) is 1. The molecule has 0 aromatic carbocycles. The molecule has 0 amide bonds. The summed E-state index contributed by atoms with van der Waals surface area (Å²) in [5.41, 5.74) is 1.38. The maximum Gasteiger partial charge on any atom is 0.228 e. The first-order valence-electron chi connectivity index (χ1n) is 15.2. The average Bonchev–Trinajstić information content (AvgIpc) is 3.04. The highest BCUT2D eigenvalue weighted by Crippen LogP contribution is 2.32. The van der Waals surface area contributed by atoms with Gasteiger partial charge in [0, 0.05) is 94.6 Å². The quantitative estimate of drug-likeness (QED) is 0.196. The van der Waals surface area contributed by atoms with Gasteiger partial charge in [-0.25, -0.2) is 9.97 Å². The van der Waals surface area contributed by atoms with Crippen LogP contribution in [0.4, 0.5) is 23.5 Å². The van der Waals surface area contributed by atoms with E-state index < -0.39 is 0 Å². The molecule has 3 rings (SSSR count). The van der Waals surface area contributed by atoms with Gasteiger partial charge >= 0.3 is 0 Å². The van der Waals surface area contributed by atoms with E-state index >= 15 is 0 Å². The molecule has 0 radical (unpaired) electrons. The van der Waals surface area contributed by atoms with Gasteiger partial charge in [0.1, 0.15) is 11.0 Å². The molecule has 244 valence electrons. The van der Waals surface area contributed by atoms with E-state index in [0.717, 1.165) is 38.2 Å². The highest BCUT2D eigenvalue weighted by atomic mass is 16.5. The van der Waals surface area contributed by atoms with Crippen molar-refractivity contribution in [2.45, 2.75) is 32.3 Å². The van der Waals surface area contributed by atoms with Crippen LogP contribution in [0.3, 0.4) is 0 Å². The van der Waals surface area contributed by atoms with Gasteiger partial charge in [0.05, 0.1) is 32.5 Å². The van der Waals surface area contributed by atoms with Gasteiger partial charge in [-0.05, 0) is 26.2 Å². The Morgan fingerprint density at radius 2 is 1.26 bits per heavy atom. The van der Waals surface area contributed by atoms with E-state index in [4.69, 9.17) is 48.4 Å². The minimum Gasteiger partial charge on any atom is -0.383 e. The number of nitrogens with zero attached hydrogens (tertiary/aromatic N) is 7. The molecule has 1 aliphatic rings. The standard InChI is InChI=1S/C29H52N8O6/c1-7-43-18-8-11-30-26-24-25(32-28(33-26)36(14-19-38-2)15-20-39-3)27(35-12-9-23(42-6)10-13-35)34-29(31-24)37(16-21-40-4)17-22-41-5/h23H,7-22H2,1-6H3,(H,30,32,33). The van der Waals surface area contributed by atoms with Crippen molar-refractivity contribution < 1.29 is 28.4 Å². The van der Waals surface area contributed by atoms with E-state index in [1.165, 1.54) is 0 Å². The van der Waals surface area contributed by atoms with E-state index in [-0.39, 0.29) is 6.10 Å². The summed E-state index contributed by atoms with van der Waals surface area (Å²) in [6.07, 6.45) is 2.87. The normalized spacial score (nSPS) is 14.0. The molecule has 3 heterocycles. The Morgan fingerprint density at radius 1 is 0.721 bits per heavy atom. The lowest BCUT2D eigenvalue weighted by Crippen LogP contribution is -2.38. The number of rotatable bonds is 22. The molecule has 1 N–H and O–H groups in total. The lowest BCUT2D eigenvalue weighted by Gasteiger charge is -2.33. The third kappa shape index (κ3) is 10.5. The van der Waals surface area contributed by atoms with E-state index in [1.807, 2.05) is 6.92 Å². The van der Waals surface area contributed by atoms with Crippen LogP contribution in [0.5, 0.6) is 0 Å². The summed E-state index contributed by atoms with van der Waals surface area (Å²) >= 11 is 0. The molecule has 1 saturated heterocycles. The molecule has 43 heavy (non-hydrogen) atoms. The molecule has 0 atom stereocenters. The summed E-state index contributed by atoms with van der Waals surface area (Å²) in [5, 5.41) is 3.54. The number of piperidine rings is 1. The van der Waals surface area contributed by atoms with Gasteiger partial charge in [-0.3, -0.25) is 0 Å². The first-order chi connectivity index (χ1) is 21.1. The summed E-state index contributed by atoms with van der Waals surface area (Å²) < 4.78 is 32.9. The Labute approximate surface area is 256 Å². The SMILES string of the molecule is CCOCCCNc1nc(N(CCOC)CCOC)nc2c(N3CCC(OC)CC3)nc(N(CCOC)CCOC)nc12. The Hall–Kier alpha value is -2.62. The average molecular weight is 609 g/mol. The van der Waals surface area contributed by atoms with Crippen LogP contribution in [0.2, 0.25) is 0 Å². The fraction of sp³-hybridized carbons (Fsp3) is 0.793. The highest BCUT2D eigenvalue weighted by Gasteiger charge is 2.27. The number of aromatic nitrogens is 4. The van der Waals surface area contributed by atoms with Crippen LogP contribution in [0.15, 0.2) is 0 Å². The van der Waals surface area contributed by atoms with Gasteiger partial charge in [-0.2, -0.15) is 9.97 Å². The van der Waals surface area contributed by atoms with Crippen LogP contribution in [-0.2, 0) is 28.4 Å². The van der Waals surface area contributed by atoms with Gasteiger partial charge in [0.15, 0.2) is 11.6 Å². The third-order valence-corrected chi connectivity index (χ3v) is 7.37. The Balaban J connectivity index is 2.17. The molecular formula is C29H52N8O6. The van der Waals surface area contributed by atoms with Gasteiger partial charge in [-0.1, -0.05) is 0 Å². The van der Waals surface area contributed by atoms with Crippen LogP contribution in [0.1, 0.15) is 26.2 Å². The van der Waals surface area contributed by atoms with Crippen molar-refractivity contribution in [2.24, 2.45) is 0 Å². The monoisotopic (exact) mass is 608 g/mol. The van der Waals surface area contributed by atoms with Crippen molar-refractivity contribution in [3.63, 3.8) is 0 Å². The molecule has 14 heteroatoms. The third-order valence-electron chi connectivity index (χ3n) is 7.37. The second-order valence-corrected chi connectivity index (χ2v) is 10.3. The van der Waals surface area contributed by atoms with Crippen molar-refractivity contribution in [2.75, 3.05) is 141 Å². The van der Waals surface area contributed by atoms with Gasteiger partial charge < -0.3 is 48.4 Å². The number of anilines is 4. The topological polar surface area (TPSA) is 129 Å². The van der Waals surface area contributed by atoms with Crippen molar-refractivity contribution in [3.05, 3.63) is 0 Å². The first kappa shape index (κ1) is 34.9. The molecule has 0 saturated carbocycles. The number of hydrogen-bond acceptors (Lipinski definition) is 14. The van der Waals surface area contributed by atoms with E-state index in [0.29, 0.717) is 101 Å². The van der Waals surface area contributed by atoms with Crippen LogP contribution < -0.4 is 20.0 Å². The molecule has 14 nitrogen and oxygen atoms in total. The maximum atomic E-state index is 5.66. The predicted octanol–water partition coefficient (Wildman–Crippen LogP) is 2.07. The van der Waals surface area contributed by atoms with Crippen LogP contribution in [0, 0.1) is 0 Å². The van der Waals surface area contributed by atoms with Crippen molar-refractivity contribution in [1.82, 2.24) is 19.9 Å². The number of nitrogens with one attached hydrogen (secondary N) is 1. The first-order valence-corrected chi connectivity index (χ1v) is 15.2. The fourth-order valence-corrected chi connectivity index (χ4v) is 4.86. The maximum absolute atomic E-state index is 5.66. The van der Waals surface area contributed by atoms with Crippen molar-refractivity contribution in [1.29, 1.82) is 0 Å². The molecule has 1 aliphatic heterocycles. The molecule has 0 unspecified atom stereocenters. The van der Waals surface area contributed by atoms with Gasteiger partial charge in [0.2, 0.25) is 11.9 Å². The second-order valence-electron chi connectivity index (χ2n) is 10.3. The smallest absolute Gasteiger partial charge is 0.228 e. The molecule has 2 aromatic rings. The molecule has 1 fully saturated rings. The minimum absolute atomic E-state index is 0.232. The zero-order valence-electron chi connectivity index (χ0n) is 27.0. The Morgan fingerprint density at radius 3 is 1.77 bits per heavy atom. The lowest BCUT2D eigenvalue weighted by molar-refractivity contribution is 0.0818. The number of methoxy groups -OCH3 is 5. The van der Waals surface area contributed by atoms with Crippen molar-refractivity contribution in [3.8, 4) is 0 Å².